The first-order valence-corrected chi connectivity index (χ1v) is 6.17. The fourth-order valence-corrected chi connectivity index (χ4v) is 1.96. The van der Waals surface area contributed by atoms with E-state index < -0.39 is 12.1 Å². The van der Waals surface area contributed by atoms with Crippen LogP contribution >= 0.6 is 0 Å². The second-order valence-electron chi connectivity index (χ2n) is 4.76. The lowest BCUT2D eigenvalue weighted by molar-refractivity contribution is -0.144. The molecule has 100 valence electrons. The number of benzene rings is 1. The first kappa shape index (κ1) is 13.3. The SMILES string of the molecule is Cc1cc(OC(C)C(=O)O)c2ccc(C)c(C)c2n1. The fourth-order valence-electron chi connectivity index (χ4n) is 1.96. The predicted molar refractivity (Wildman–Crippen MR) is 73.7 cm³/mol. The Labute approximate surface area is 112 Å². The Morgan fingerprint density at radius 2 is 2.00 bits per heavy atom. The van der Waals surface area contributed by atoms with Crippen molar-refractivity contribution in [2.75, 3.05) is 0 Å². The van der Waals surface area contributed by atoms with Crippen molar-refractivity contribution in [2.24, 2.45) is 0 Å². The van der Waals surface area contributed by atoms with Crippen LogP contribution in [-0.2, 0) is 4.79 Å². The van der Waals surface area contributed by atoms with Crippen LogP contribution in [0.25, 0.3) is 10.9 Å². The first-order chi connectivity index (χ1) is 8.90. The Kier molecular flexibility index (Phi) is 3.42. The van der Waals surface area contributed by atoms with Gasteiger partial charge < -0.3 is 9.84 Å². The molecule has 0 saturated carbocycles. The van der Waals surface area contributed by atoms with Crippen LogP contribution in [0.5, 0.6) is 5.75 Å². The smallest absolute Gasteiger partial charge is 0.344 e. The van der Waals surface area contributed by atoms with E-state index in [2.05, 4.69) is 4.98 Å². The van der Waals surface area contributed by atoms with Crippen molar-refractivity contribution < 1.29 is 14.6 Å². The number of carboxylic acid groups (broad SMARTS) is 1. The van der Waals surface area contributed by atoms with Crippen LogP contribution in [0.3, 0.4) is 0 Å². The molecule has 1 aromatic heterocycles. The topological polar surface area (TPSA) is 59.4 Å². The van der Waals surface area contributed by atoms with Crippen molar-refractivity contribution in [2.45, 2.75) is 33.8 Å². The van der Waals surface area contributed by atoms with E-state index in [9.17, 15) is 4.79 Å². The van der Waals surface area contributed by atoms with Gasteiger partial charge in [0.25, 0.3) is 0 Å². The Hall–Kier alpha value is -2.10. The van der Waals surface area contributed by atoms with E-state index in [4.69, 9.17) is 9.84 Å². The van der Waals surface area contributed by atoms with Gasteiger partial charge in [-0.3, -0.25) is 4.98 Å². The second kappa shape index (κ2) is 4.88. The molecule has 2 aromatic rings. The van der Waals surface area contributed by atoms with Gasteiger partial charge >= 0.3 is 5.97 Å². The van der Waals surface area contributed by atoms with Crippen LogP contribution in [0.2, 0.25) is 0 Å². The second-order valence-corrected chi connectivity index (χ2v) is 4.76. The minimum atomic E-state index is -0.980. The Morgan fingerprint density at radius 1 is 1.32 bits per heavy atom. The van der Waals surface area contributed by atoms with E-state index in [1.54, 1.807) is 6.07 Å². The van der Waals surface area contributed by atoms with Gasteiger partial charge in [0.2, 0.25) is 0 Å². The molecule has 0 saturated heterocycles. The molecule has 0 amide bonds. The van der Waals surface area contributed by atoms with E-state index >= 15 is 0 Å². The lowest BCUT2D eigenvalue weighted by atomic mass is 10.0. The summed E-state index contributed by atoms with van der Waals surface area (Å²) in [5.74, 6) is -0.410. The van der Waals surface area contributed by atoms with Crippen molar-refractivity contribution in [1.29, 1.82) is 0 Å². The van der Waals surface area contributed by atoms with Gasteiger partial charge in [0.1, 0.15) is 5.75 Å². The van der Waals surface area contributed by atoms with Crippen LogP contribution in [0.4, 0.5) is 0 Å². The molecular weight excluding hydrogens is 242 g/mol. The third-order valence-electron chi connectivity index (χ3n) is 3.25. The maximum absolute atomic E-state index is 10.9. The van der Waals surface area contributed by atoms with Crippen molar-refractivity contribution in [3.05, 3.63) is 35.0 Å². The summed E-state index contributed by atoms with van der Waals surface area (Å²) in [6.45, 7) is 7.43. The van der Waals surface area contributed by atoms with Gasteiger partial charge in [0.05, 0.1) is 5.52 Å². The van der Waals surface area contributed by atoms with Gasteiger partial charge in [-0.15, -0.1) is 0 Å². The molecule has 1 N–H and O–H groups in total. The van der Waals surface area contributed by atoms with E-state index in [1.165, 1.54) is 6.92 Å². The highest BCUT2D eigenvalue weighted by Gasteiger charge is 2.16. The molecule has 19 heavy (non-hydrogen) atoms. The quantitative estimate of drug-likeness (QED) is 0.920. The van der Waals surface area contributed by atoms with Gasteiger partial charge in [0.15, 0.2) is 6.10 Å². The van der Waals surface area contributed by atoms with Gasteiger partial charge in [-0.05, 0) is 44.9 Å². The zero-order chi connectivity index (χ0) is 14.2. The van der Waals surface area contributed by atoms with E-state index in [0.717, 1.165) is 27.7 Å². The molecule has 1 atom stereocenters. The standard InChI is InChI=1S/C15H17NO3/c1-8-5-6-12-13(19-11(4)15(17)18)7-9(2)16-14(12)10(8)3/h5-7,11H,1-4H3,(H,17,18). The number of fused-ring (bicyclic) bond motifs is 1. The van der Waals surface area contributed by atoms with Crippen LogP contribution in [-0.4, -0.2) is 22.2 Å². The number of aryl methyl sites for hydroxylation is 3. The Bertz CT molecular complexity index is 649. The lowest BCUT2D eigenvalue weighted by Crippen LogP contribution is -2.23. The summed E-state index contributed by atoms with van der Waals surface area (Å²) in [5.41, 5.74) is 3.93. The highest BCUT2D eigenvalue weighted by Crippen LogP contribution is 2.29. The van der Waals surface area contributed by atoms with E-state index in [1.807, 2.05) is 32.9 Å². The van der Waals surface area contributed by atoms with Crippen LogP contribution in [0, 0.1) is 20.8 Å². The van der Waals surface area contributed by atoms with Gasteiger partial charge in [-0.1, -0.05) is 6.07 Å². The average molecular weight is 259 g/mol. The molecule has 0 aliphatic rings. The molecular formula is C15H17NO3. The number of nitrogens with zero attached hydrogens (tertiary/aromatic N) is 1. The van der Waals surface area contributed by atoms with Gasteiger partial charge in [-0.2, -0.15) is 0 Å². The number of rotatable bonds is 3. The normalized spacial score (nSPS) is 12.4. The first-order valence-electron chi connectivity index (χ1n) is 6.17. The molecule has 2 rings (SSSR count). The number of hydrogen-bond donors (Lipinski definition) is 1. The zero-order valence-corrected chi connectivity index (χ0v) is 11.5. The third kappa shape index (κ3) is 2.52. The van der Waals surface area contributed by atoms with Crippen molar-refractivity contribution in [3.8, 4) is 5.75 Å². The maximum atomic E-state index is 10.9. The predicted octanol–water partition coefficient (Wildman–Crippen LogP) is 3.01. The summed E-state index contributed by atoms with van der Waals surface area (Å²) < 4.78 is 5.53. The molecule has 1 aromatic carbocycles. The van der Waals surface area contributed by atoms with Crippen LogP contribution < -0.4 is 4.74 Å². The zero-order valence-electron chi connectivity index (χ0n) is 11.5. The molecule has 0 aliphatic heterocycles. The van der Waals surface area contributed by atoms with E-state index in [-0.39, 0.29) is 0 Å². The molecule has 1 unspecified atom stereocenters. The molecule has 0 spiro atoms. The summed E-state index contributed by atoms with van der Waals surface area (Å²) in [6, 6.07) is 5.69. The van der Waals surface area contributed by atoms with E-state index in [0.29, 0.717) is 5.75 Å². The highest BCUT2D eigenvalue weighted by atomic mass is 16.5. The number of pyridine rings is 1. The van der Waals surface area contributed by atoms with Gasteiger partial charge in [0, 0.05) is 17.1 Å². The summed E-state index contributed by atoms with van der Waals surface area (Å²) in [5, 5.41) is 9.79. The van der Waals surface area contributed by atoms with Gasteiger partial charge in [-0.25, -0.2) is 4.79 Å². The molecule has 0 bridgehead atoms. The maximum Gasteiger partial charge on any atom is 0.344 e. The van der Waals surface area contributed by atoms with Crippen LogP contribution in [0.1, 0.15) is 23.7 Å². The molecule has 0 aliphatic carbocycles. The number of hydrogen-bond acceptors (Lipinski definition) is 3. The Balaban J connectivity index is 2.61. The highest BCUT2D eigenvalue weighted by molar-refractivity contribution is 5.89. The van der Waals surface area contributed by atoms with Crippen molar-refractivity contribution in [1.82, 2.24) is 4.98 Å². The Morgan fingerprint density at radius 3 is 2.63 bits per heavy atom. The largest absolute Gasteiger partial charge is 0.479 e. The van der Waals surface area contributed by atoms with Crippen molar-refractivity contribution >= 4 is 16.9 Å². The minimum Gasteiger partial charge on any atom is -0.479 e. The van der Waals surface area contributed by atoms with Crippen molar-refractivity contribution in [3.63, 3.8) is 0 Å². The number of carboxylic acids is 1. The molecule has 0 fully saturated rings. The number of aromatic nitrogens is 1. The molecule has 1 heterocycles. The number of ether oxygens (including phenoxy) is 1. The molecule has 4 heteroatoms. The third-order valence-corrected chi connectivity index (χ3v) is 3.25. The summed E-state index contributed by atoms with van der Waals surface area (Å²) in [7, 11) is 0. The lowest BCUT2D eigenvalue weighted by Gasteiger charge is -2.15. The number of carbonyl (C=O) groups is 1. The van der Waals surface area contributed by atoms with Crippen LogP contribution in [0.15, 0.2) is 18.2 Å². The summed E-state index contributed by atoms with van der Waals surface area (Å²) in [6.07, 6.45) is -0.883. The minimum absolute atomic E-state index is 0.570. The number of aliphatic carboxylic acids is 1. The monoisotopic (exact) mass is 259 g/mol. The molecule has 0 radical (unpaired) electrons. The average Bonchev–Trinajstić information content (AvgIpc) is 2.34. The summed E-state index contributed by atoms with van der Waals surface area (Å²) in [4.78, 5) is 15.4. The summed E-state index contributed by atoms with van der Waals surface area (Å²) >= 11 is 0. The fraction of sp³-hybridized carbons (Fsp3) is 0.333. The molecule has 4 nitrogen and oxygen atoms in total.